The second-order valence-corrected chi connectivity index (χ2v) is 3.65. The number of hydrogen-bond acceptors (Lipinski definition) is 3. The van der Waals surface area contributed by atoms with Gasteiger partial charge in [0.05, 0.1) is 18.1 Å². The van der Waals surface area contributed by atoms with Crippen LogP contribution in [-0.2, 0) is 6.42 Å². The van der Waals surface area contributed by atoms with E-state index in [0.717, 1.165) is 0 Å². The summed E-state index contributed by atoms with van der Waals surface area (Å²) in [4.78, 5) is 0. The summed E-state index contributed by atoms with van der Waals surface area (Å²) in [6.07, 6.45) is 0.203. The van der Waals surface area contributed by atoms with E-state index in [4.69, 9.17) is 15.3 Å². The van der Waals surface area contributed by atoms with Gasteiger partial charge in [-0.15, -0.1) is 0 Å². The van der Waals surface area contributed by atoms with Crippen LogP contribution in [0.2, 0.25) is 0 Å². The lowest BCUT2D eigenvalue weighted by atomic mass is 10.1. The van der Waals surface area contributed by atoms with Crippen LogP contribution in [0.3, 0.4) is 0 Å². The summed E-state index contributed by atoms with van der Waals surface area (Å²) in [6, 6.07) is 18.7. The number of ether oxygens (including phenoxy) is 1. The van der Waals surface area contributed by atoms with Crippen molar-refractivity contribution in [3.05, 3.63) is 59.7 Å². The SMILES string of the molecule is N#CCc1cccc(Oc2ccccc2)c1C#N. The van der Waals surface area contributed by atoms with Gasteiger partial charge in [0.15, 0.2) is 0 Å². The maximum absolute atomic E-state index is 9.16. The first-order valence-electron chi connectivity index (χ1n) is 5.47. The summed E-state index contributed by atoms with van der Waals surface area (Å²) < 4.78 is 5.66. The first kappa shape index (κ1) is 11.7. The average Bonchev–Trinajstić information content (AvgIpc) is 2.41. The second kappa shape index (κ2) is 5.52. The molecule has 86 valence electrons. The van der Waals surface area contributed by atoms with Crippen molar-refractivity contribution in [2.24, 2.45) is 0 Å². The molecule has 0 aliphatic rings. The fourth-order valence-corrected chi connectivity index (χ4v) is 1.64. The summed E-state index contributed by atoms with van der Waals surface area (Å²) in [6.45, 7) is 0. The van der Waals surface area contributed by atoms with Crippen LogP contribution in [0.5, 0.6) is 11.5 Å². The zero-order valence-corrected chi connectivity index (χ0v) is 9.63. The molecule has 0 aliphatic carbocycles. The lowest BCUT2D eigenvalue weighted by Gasteiger charge is -2.09. The van der Waals surface area contributed by atoms with Gasteiger partial charge in [-0.1, -0.05) is 30.3 Å². The molecule has 18 heavy (non-hydrogen) atoms. The van der Waals surface area contributed by atoms with Crippen molar-refractivity contribution < 1.29 is 4.74 Å². The Morgan fingerprint density at radius 2 is 1.72 bits per heavy atom. The molecule has 0 heterocycles. The van der Waals surface area contributed by atoms with E-state index in [2.05, 4.69) is 6.07 Å². The van der Waals surface area contributed by atoms with Crippen LogP contribution in [0.25, 0.3) is 0 Å². The normalized spacial score (nSPS) is 9.22. The molecule has 0 amide bonds. The van der Waals surface area contributed by atoms with Crippen LogP contribution in [0, 0.1) is 22.7 Å². The fourth-order valence-electron chi connectivity index (χ4n) is 1.64. The molecule has 2 aromatic rings. The molecule has 0 fully saturated rings. The van der Waals surface area contributed by atoms with Crippen LogP contribution in [0.15, 0.2) is 48.5 Å². The molecule has 0 aromatic heterocycles. The van der Waals surface area contributed by atoms with E-state index in [1.165, 1.54) is 0 Å². The van der Waals surface area contributed by atoms with Gasteiger partial charge in [0.1, 0.15) is 17.6 Å². The van der Waals surface area contributed by atoms with Gasteiger partial charge in [0.2, 0.25) is 0 Å². The van der Waals surface area contributed by atoms with E-state index >= 15 is 0 Å². The van der Waals surface area contributed by atoms with Crippen LogP contribution in [0.4, 0.5) is 0 Å². The Labute approximate surface area is 105 Å². The summed E-state index contributed by atoms with van der Waals surface area (Å²) in [7, 11) is 0. The van der Waals surface area contributed by atoms with Crippen LogP contribution in [-0.4, -0.2) is 0 Å². The summed E-state index contributed by atoms with van der Waals surface area (Å²) in [5, 5.41) is 17.9. The molecule has 2 aromatic carbocycles. The lowest BCUT2D eigenvalue weighted by Crippen LogP contribution is -1.93. The minimum Gasteiger partial charge on any atom is -0.456 e. The number of hydrogen-bond donors (Lipinski definition) is 0. The first-order chi connectivity index (χ1) is 8.85. The standard InChI is InChI=1S/C15H10N2O/c16-10-9-12-5-4-8-15(14(12)11-17)18-13-6-2-1-3-7-13/h1-8H,9H2. The minimum atomic E-state index is 0.203. The summed E-state index contributed by atoms with van der Waals surface area (Å²) in [5.41, 5.74) is 1.11. The Morgan fingerprint density at radius 3 is 2.39 bits per heavy atom. The molecule has 0 saturated heterocycles. The van der Waals surface area contributed by atoms with Gasteiger partial charge in [0.25, 0.3) is 0 Å². The van der Waals surface area contributed by atoms with E-state index in [9.17, 15) is 0 Å². The molecule has 0 bridgehead atoms. The highest BCUT2D eigenvalue weighted by atomic mass is 16.5. The van der Waals surface area contributed by atoms with Crippen molar-refractivity contribution in [3.8, 4) is 23.6 Å². The van der Waals surface area contributed by atoms with Gasteiger partial charge in [-0.2, -0.15) is 10.5 Å². The second-order valence-electron chi connectivity index (χ2n) is 3.65. The Morgan fingerprint density at radius 1 is 0.944 bits per heavy atom. The quantitative estimate of drug-likeness (QED) is 0.817. The van der Waals surface area contributed by atoms with E-state index in [1.807, 2.05) is 36.4 Å². The number of benzene rings is 2. The van der Waals surface area contributed by atoms with E-state index in [0.29, 0.717) is 22.6 Å². The molecule has 0 unspecified atom stereocenters. The molecule has 0 saturated carbocycles. The van der Waals surface area contributed by atoms with Crippen molar-refractivity contribution in [2.75, 3.05) is 0 Å². The number of nitriles is 2. The van der Waals surface area contributed by atoms with Crippen LogP contribution in [0.1, 0.15) is 11.1 Å². The average molecular weight is 234 g/mol. The zero-order chi connectivity index (χ0) is 12.8. The van der Waals surface area contributed by atoms with Gasteiger partial charge >= 0.3 is 0 Å². The van der Waals surface area contributed by atoms with E-state index in [-0.39, 0.29) is 6.42 Å². The highest BCUT2D eigenvalue weighted by molar-refractivity contribution is 5.51. The molecular weight excluding hydrogens is 224 g/mol. The van der Waals surface area contributed by atoms with E-state index < -0.39 is 0 Å². The third-order valence-electron chi connectivity index (χ3n) is 2.46. The predicted molar refractivity (Wildman–Crippen MR) is 67.0 cm³/mol. The maximum Gasteiger partial charge on any atom is 0.145 e. The topological polar surface area (TPSA) is 56.8 Å². The minimum absolute atomic E-state index is 0.203. The third kappa shape index (κ3) is 2.48. The summed E-state index contributed by atoms with van der Waals surface area (Å²) >= 11 is 0. The molecule has 0 aliphatic heterocycles. The number of para-hydroxylation sites is 1. The third-order valence-corrected chi connectivity index (χ3v) is 2.46. The van der Waals surface area contributed by atoms with Crippen molar-refractivity contribution in [3.63, 3.8) is 0 Å². The van der Waals surface area contributed by atoms with Crippen molar-refractivity contribution in [1.29, 1.82) is 10.5 Å². The number of nitrogens with zero attached hydrogens (tertiary/aromatic N) is 2. The van der Waals surface area contributed by atoms with Gasteiger partial charge in [-0.05, 0) is 23.8 Å². The molecule has 0 N–H and O–H groups in total. The molecule has 2 rings (SSSR count). The van der Waals surface area contributed by atoms with Gasteiger partial charge < -0.3 is 4.74 Å². The number of rotatable bonds is 3. The predicted octanol–water partition coefficient (Wildman–Crippen LogP) is 3.42. The van der Waals surface area contributed by atoms with Gasteiger partial charge in [0, 0.05) is 0 Å². The van der Waals surface area contributed by atoms with Crippen LogP contribution < -0.4 is 4.74 Å². The van der Waals surface area contributed by atoms with Gasteiger partial charge in [-0.3, -0.25) is 0 Å². The molecule has 0 spiro atoms. The van der Waals surface area contributed by atoms with Crippen molar-refractivity contribution >= 4 is 0 Å². The lowest BCUT2D eigenvalue weighted by molar-refractivity contribution is 0.480. The monoisotopic (exact) mass is 234 g/mol. The van der Waals surface area contributed by atoms with Crippen molar-refractivity contribution in [2.45, 2.75) is 6.42 Å². The highest BCUT2D eigenvalue weighted by Crippen LogP contribution is 2.27. The fraction of sp³-hybridized carbons (Fsp3) is 0.0667. The molecule has 3 heteroatoms. The Kier molecular flexibility index (Phi) is 3.59. The van der Waals surface area contributed by atoms with Gasteiger partial charge in [-0.25, -0.2) is 0 Å². The highest BCUT2D eigenvalue weighted by Gasteiger charge is 2.09. The smallest absolute Gasteiger partial charge is 0.145 e. The largest absolute Gasteiger partial charge is 0.456 e. The van der Waals surface area contributed by atoms with Crippen molar-refractivity contribution in [1.82, 2.24) is 0 Å². The van der Waals surface area contributed by atoms with E-state index in [1.54, 1.807) is 18.2 Å². The van der Waals surface area contributed by atoms with Crippen LogP contribution >= 0.6 is 0 Å². The summed E-state index contributed by atoms with van der Waals surface area (Å²) in [5.74, 6) is 1.15. The Bertz CT molecular complexity index is 621. The maximum atomic E-state index is 9.16. The first-order valence-corrected chi connectivity index (χ1v) is 5.47. The molecule has 3 nitrogen and oxygen atoms in total. The molecule has 0 atom stereocenters. The zero-order valence-electron chi connectivity index (χ0n) is 9.63. The Balaban J connectivity index is 2.37. The molecular formula is C15H10N2O. The molecule has 0 radical (unpaired) electrons. The Hall–Kier alpha value is -2.78.